The van der Waals surface area contributed by atoms with Crippen LogP contribution in [0.25, 0.3) is 0 Å². The van der Waals surface area contributed by atoms with Crippen molar-refractivity contribution in [3.05, 3.63) is 35.4 Å². The van der Waals surface area contributed by atoms with Gasteiger partial charge in [-0.3, -0.25) is 0 Å². The molecule has 0 spiro atoms. The van der Waals surface area contributed by atoms with Gasteiger partial charge in [-0.15, -0.1) is 5.11 Å². The summed E-state index contributed by atoms with van der Waals surface area (Å²) in [6, 6.07) is 7.39. The standard InChI is InChI=1S/C10H10B4/c1-9(2,11)7-4-3-5-8(6-7)10(12,13)14/h3-6H,1-2H3. The highest BCUT2D eigenvalue weighted by Gasteiger charge is 2.17. The van der Waals surface area contributed by atoms with Gasteiger partial charge in [-0.05, 0) is 5.31 Å². The molecule has 0 aliphatic carbocycles. The molecule has 0 aliphatic heterocycles. The Bertz CT molecular complexity index is 290. The van der Waals surface area contributed by atoms with Gasteiger partial charge in [0.25, 0.3) is 0 Å². The maximum Gasteiger partial charge on any atom is 0.0802 e. The number of hydrogen-bond donors (Lipinski definition) is 0. The smallest absolute Gasteiger partial charge is 0.0802 e. The first kappa shape index (κ1) is 11.6. The van der Waals surface area contributed by atoms with Crippen LogP contribution in [0.4, 0.5) is 0 Å². The summed E-state index contributed by atoms with van der Waals surface area (Å²) in [5, 5.41) is -1.72. The SMILES string of the molecule is [B]C([B])([B])c1cccc(C([B])(C)C)c1. The van der Waals surface area contributed by atoms with Crippen LogP contribution < -0.4 is 0 Å². The predicted molar refractivity (Wildman–Crippen MR) is 64.2 cm³/mol. The van der Waals surface area contributed by atoms with E-state index in [-0.39, 0.29) is 0 Å². The van der Waals surface area contributed by atoms with Crippen molar-refractivity contribution < 1.29 is 0 Å². The second-order valence-electron chi connectivity index (χ2n) is 4.24. The molecule has 0 N–H and O–H groups in total. The summed E-state index contributed by atoms with van der Waals surface area (Å²) >= 11 is 0. The molecule has 1 aromatic carbocycles. The molecule has 4 heteroatoms. The molecule has 0 amide bonds. The molecule has 8 radical (unpaired) electrons. The van der Waals surface area contributed by atoms with E-state index >= 15 is 0 Å². The van der Waals surface area contributed by atoms with Crippen LogP contribution in [0.2, 0.25) is 0 Å². The van der Waals surface area contributed by atoms with Gasteiger partial charge in [-0.1, -0.05) is 49.2 Å². The minimum atomic E-state index is -1.30. The second-order valence-corrected chi connectivity index (χ2v) is 4.24. The fourth-order valence-corrected chi connectivity index (χ4v) is 1.19. The summed E-state index contributed by atoms with van der Waals surface area (Å²) in [5.74, 6) is 0. The lowest BCUT2D eigenvalue weighted by Gasteiger charge is -2.25. The third-order valence-corrected chi connectivity index (χ3v) is 2.11. The number of hydrogen-bond acceptors (Lipinski definition) is 0. The van der Waals surface area contributed by atoms with E-state index < -0.39 is 10.4 Å². The van der Waals surface area contributed by atoms with Crippen LogP contribution in [-0.2, 0) is 10.4 Å². The first-order chi connectivity index (χ1) is 6.21. The molecule has 0 atom stereocenters. The van der Waals surface area contributed by atoms with E-state index in [4.69, 9.17) is 31.4 Å². The fourth-order valence-electron chi connectivity index (χ4n) is 1.19. The number of rotatable bonds is 2. The fraction of sp³-hybridized carbons (Fsp3) is 0.400. The average Bonchev–Trinajstić information content (AvgIpc) is 2.01. The molecule has 0 fully saturated rings. The van der Waals surface area contributed by atoms with Gasteiger partial charge in [-0.25, -0.2) is 0 Å². The monoisotopic (exact) mass is 174 g/mol. The second kappa shape index (κ2) is 3.56. The van der Waals surface area contributed by atoms with Gasteiger partial charge in [0, 0.05) is 0 Å². The van der Waals surface area contributed by atoms with Gasteiger partial charge >= 0.3 is 0 Å². The molecule has 0 bridgehead atoms. The molecule has 1 rings (SSSR count). The topological polar surface area (TPSA) is 0 Å². The van der Waals surface area contributed by atoms with Crippen LogP contribution in [-0.4, -0.2) is 31.4 Å². The largest absolute Gasteiger partial charge is 0.106 e. The Balaban J connectivity index is 3.15. The Labute approximate surface area is 91.5 Å². The zero-order valence-corrected chi connectivity index (χ0v) is 8.62. The third kappa shape index (κ3) is 2.73. The lowest BCUT2D eigenvalue weighted by atomic mass is 9.40. The van der Waals surface area contributed by atoms with Crippen LogP contribution in [0.15, 0.2) is 24.3 Å². The first-order valence-electron chi connectivity index (χ1n) is 4.48. The van der Waals surface area contributed by atoms with Crippen molar-refractivity contribution in [1.29, 1.82) is 0 Å². The van der Waals surface area contributed by atoms with Gasteiger partial charge < -0.3 is 0 Å². The van der Waals surface area contributed by atoms with Gasteiger partial charge in [0.1, 0.15) is 0 Å². The minimum absolute atomic E-state index is 0.415. The molecule has 0 aromatic heterocycles. The van der Waals surface area contributed by atoms with Gasteiger partial charge in [0.2, 0.25) is 0 Å². The van der Waals surface area contributed by atoms with E-state index in [2.05, 4.69) is 0 Å². The lowest BCUT2D eigenvalue weighted by Crippen LogP contribution is -2.28. The summed E-state index contributed by atoms with van der Waals surface area (Å²) in [5.41, 5.74) is 1.63. The molecule has 0 saturated heterocycles. The highest BCUT2D eigenvalue weighted by atomic mass is 14.1. The van der Waals surface area contributed by atoms with E-state index in [1.807, 2.05) is 32.0 Å². The maximum absolute atomic E-state index is 5.95. The molecule has 0 heterocycles. The Morgan fingerprint density at radius 2 is 1.43 bits per heavy atom. The van der Waals surface area contributed by atoms with Crippen molar-refractivity contribution in [2.45, 2.75) is 24.3 Å². The molecule has 14 heavy (non-hydrogen) atoms. The summed E-state index contributed by atoms with van der Waals surface area (Å²) in [4.78, 5) is 0. The van der Waals surface area contributed by atoms with E-state index in [0.29, 0.717) is 5.56 Å². The average molecular weight is 173 g/mol. The van der Waals surface area contributed by atoms with Crippen molar-refractivity contribution in [3.8, 4) is 0 Å². The summed E-state index contributed by atoms with van der Waals surface area (Å²) in [6.45, 7) is 3.83. The van der Waals surface area contributed by atoms with Gasteiger partial charge in [0.05, 0.1) is 31.4 Å². The molecular formula is C10H10B4. The number of benzene rings is 1. The van der Waals surface area contributed by atoms with E-state index in [0.717, 1.165) is 5.56 Å². The van der Waals surface area contributed by atoms with Crippen molar-refractivity contribution >= 4 is 31.4 Å². The van der Waals surface area contributed by atoms with E-state index in [9.17, 15) is 0 Å². The van der Waals surface area contributed by atoms with Gasteiger partial charge in [-0.2, -0.15) is 0 Å². The van der Waals surface area contributed by atoms with Crippen LogP contribution in [0.3, 0.4) is 0 Å². The first-order valence-corrected chi connectivity index (χ1v) is 4.48. The van der Waals surface area contributed by atoms with Crippen LogP contribution in [0, 0.1) is 0 Å². The summed E-state index contributed by atoms with van der Waals surface area (Å²) in [7, 11) is 22.7. The zero-order valence-electron chi connectivity index (χ0n) is 8.62. The Hall–Kier alpha value is -0.520. The predicted octanol–water partition coefficient (Wildman–Crippen LogP) is 0.706. The molecule has 0 unspecified atom stereocenters. The molecule has 0 nitrogen and oxygen atoms in total. The van der Waals surface area contributed by atoms with Crippen LogP contribution in [0.5, 0.6) is 0 Å². The molecule has 0 aliphatic rings. The zero-order chi connectivity index (χ0) is 11.0. The van der Waals surface area contributed by atoms with E-state index in [1.54, 1.807) is 6.07 Å². The Kier molecular flexibility index (Phi) is 2.94. The highest BCUT2D eigenvalue weighted by molar-refractivity contribution is 6.58. The van der Waals surface area contributed by atoms with Crippen molar-refractivity contribution in [2.75, 3.05) is 0 Å². The normalized spacial score (nSPS) is 12.7. The lowest BCUT2D eigenvalue weighted by molar-refractivity contribution is 0.762. The minimum Gasteiger partial charge on any atom is -0.106 e. The molecule has 62 valence electrons. The summed E-state index contributed by atoms with van der Waals surface area (Å²) in [6.07, 6.45) is 0. The third-order valence-electron chi connectivity index (χ3n) is 2.11. The van der Waals surface area contributed by atoms with Crippen molar-refractivity contribution in [1.82, 2.24) is 0 Å². The molecule has 1 aromatic rings. The Morgan fingerprint density at radius 3 is 1.86 bits per heavy atom. The summed E-state index contributed by atoms with van der Waals surface area (Å²) < 4.78 is 0. The maximum atomic E-state index is 5.95. The Morgan fingerprint density at radius 1 is 0.929 bits per heavy atom. The van der Waals surface area contributed by atoms with Crippen LogP contribution >= 0.6 is 0 Å². The van der Waals surface area contributed by atoms with Crippen molar-refractivity contribution in [3.63, 3.8) is 0 Å². The quantitative estimate of drug-likeness (QED) is 0.578. The van der Waals surface area contributed by atoms with Crippen LogP contribution in [0.1, 0.15) is 25.0 Å². The highest BCUT2D eigenvalue weighted by Crippen LogP contribution is 2.23. The van der Waals surface area contributed by atoms with E-state index in [1.165, 1.54) is 0 Å². The molecule has 0 saturated carbocycles. The van der Waals surface area contributed by atoms with Crippen molar-refractivity contribution in [2.24, 2.45) is 0 Å². The van der Waals surface area contributed by atoms with Gasteiger partial charge in [0.15, 0.2) is 0 Å². The molecular weight excluding hydrogens is 163 g/mol.